The van der Waals surface area contributed by atoms with E-state index in [1.807, 2.05) is 0 Å². The maximum Gasteiger partial charge on any atom is 0.308 e. The van der Waals surface area contributed by atoms with Crippen LogP contribution in [-0.2, 0) is 16.1 Å². The van der Waals surface area contributed by atoms with Crippen LogP contribution < -0.4 is 0 Å². The molecule has 0 fully saturated rings. The average Bonchev–Trinajstić information content (AvgIpc) is 2.67. The minimum Gasteiger partial charge on any atom is -0.469 e. The van der Waals surface area contributed by atoms with Gasteiger partial charge in [0.15, 0.2) is 0 Å². The van der Waals surface area contributed by atoms with Crippen LogP contribution in [0.1, 0.15) is 12.8 Å². The molecule has 0 aliphatic heterocycles. The van der Waals surface area contributed by atoms with Crippen molar-refractivity contribution >= 4 is 5.97 Å². The van der Waals surface area contributed by atoms with Crippen molar-refractivity contribution in [3.05, 3.63) is 12.7 Å². The van der Waals surface area contributed by atoms with Crippen molar-refractivity contribution in [2.24, 2.45) is 0 Å². The van der Waals surface area contributed by atoms with Crippen molar-refractivity contribution in [2.75, 3.05) is 7.11 Å². The molecule has 6 nitrogen and oxygen atoms in total. The first-order chi connectivity index (χ1) is 6.72. The van der Waals surface area contributed by atoms with Crippen molar-refractivity contribution in [2.45, 2.75) is 25.5 Å². The van der Waals surface area contributed by atoms with Gasteiger partial charge in [0.25, 0.3) is 0 Å². The molecule has 1 aromatic rings. The number of methoxy groups -OCH3 is 1. The summed E-state index contributed by atoms with van der Waals surface area (Å²) in [6.07, 6.45) is 2.77. The third-order valence-electron chi connectivity index (χ3n) is 1.79. The minimum atomic E-state index is -0.688. The SMILES string of the molecule is COC(=O)C[C@H](O)CCn1cncn1. The van der Waals surface area contributed by atoms with Crippen molar-refractivity contribution < 1.29 is 14.6 Å². The normalized spacial score (nSPS) is 12.4. The monoisotopic (exact) mass is 199 g/mol. The third kappa shape index (κ3) is 3.53. The molecule has 0 saturated carbocycles. The molecule has 78 valence electrons. The molecule has 1 heterocycles. The van der Waals surface area contributed by atoms with Gasteiger partial charge in [-0.2, -0.15) is 5.10 Å². The molecule has 1 atom stereocenters. The van der Waals surface area contributed by atoms with Gasteiger partial charge in [0.2, 0.25) is 0 Å². The number of carbonyl (C=O) groups is 1. The Morgan fingerprint density at radius 2 is 2.50 bits per heavy atom. The lowest BCUT2D eigenvalue weighted by molar-refractivity contribution is -0.142. The van der Waals surface area contributed by atoms with Gasteiger partial charge in [-0.1, -0.05) is 0 Å². The second-order valence-electron chi connectivity index (χ2n) is 2.88. The maximum atomic E-state index is 10.8. The van der Waals surface area contributed by atoms with E-state index in [-0.39, 0.29) is 6.42 Å². The molecule has 0 amide bonds. The number of nitrogens with zero attached hydrogens (tertiary/aromatic N) is 3. The van der Waals surface area contributed by atoms with E-state index in [0.717, 1.165) is 0 Å². The molecule has 14 heavy (non-hydrogen) atoms. The number of aliphatic hydroxyl groups is 1. The van der Waals surface area contributed by atoms with Gasteiger partial charge >= 0.3 is 5.97 Å². The number of hydrogen-bond donors (Lipinski definition) is 1. The quantitative estimate of drug-likeness (QED) is 0.652. The molecule has 0 aliphatic rings. The van der Waals surface area contributed by atoms with Crippen molar-refractivity contribution in [1.29, 1.82) is 0 Å². The molecule has 1 N–H and O–H groups in total. The molecule has 6 heteroatoms. The van der Waals surface area contributed by atoms with E-state index >= 15 is 0 Å². The van der Waals surface area contributed by atoms with Gasteiger partial charge in [0.1, 0.15) is 12.7 Å². The summed E-state index contributed by atoms with van der Waals surface area (Å²) in [4.78, 5) is 14.5. The molecule has 1 rings (SSSR count). The second kappa shape index (κ2) is 5.33. The Hall–Kier alpha value is -1.43. The van der Waals surface area contributed by atoms with Crippen LogP contribution in [-0.4, -0.2) is 39.1 Å². The number of hydrogen-bond acceptors (Lipinski definition) is 5. The zero-order chi connectivity index (χ0) is 10.4. The van der Waals surface area contributed by atoms with Gasteiger partial charge in [-0.3, -0.25) is 9.48 Å². The molecule has 0 aromatic carbocycles. The Labute approximate surface area is 81.5 Å². The highest BCUT2D eigenvalue weighted by Crippen LogP contribution is 2.00. The van der Waals surface area contributed by atoms with E-state index in [1.165, 1.54) is 13.4 Å². The van der Waals surface area contributed by atoms with Crippen LogP contribution in [0.4, 0.5) is 0 Å². The highest BCUT2D eigenvalue weighted by molar-refractivity contribution is 5.69. The van der Waals surface area contributed by atoms with Crippen LogP contribution in [0, 0.1) is 0 Å². The van der Waals surface area contributed by atoms with Gasteiger partial charge in [-0.05, 0) is 6.42 Å². The summed E-state index contributed by atoms with van der Waals surface area (Å²) in [5.74, 6) is -0.406. The standard InChI is InChI=1S/C8H13N3O3/c1-14-8(13)4-7(12)2-3-11-6-9-5-10-11/h5-7,12H,2-4H2,1H3/t7-/m1/s1. The third-order valence-corrected chi connectivity index (χ3v) is 1.79. The van der Waals surface area contributed by atoms with Crippen molar-refractivity contribution in [3.63, 3.8) is 0 Å². The molecule has 0 radical (unpaired) electrons. The van der Waals surface area contributed by atoms with Gasteiger partial charge in [-0.25, -0.2) is 4.98 Å². The zero-order valence-electron chi connectivity index (χ0n) is 7.96. The number of aryl methyl sites for hydroxylation is 1. The van der Waals surface area contributed by atoms with Crippen LogP contribution in [0.15, 0.2) is 12.7 Å². The van der Waals surface area contributed by atoms with Gasteiger partial charge in [0, 0.05) is 6.54 Å². The molecule has 0 bridgehead atoms. The Kier molecular flexibility index (Phi) is 4.06. The number of aliphatic hydroxyl groups excluding tert-OH is 1. The second-order valence-corrected chi connectivity index (χ2v) is 2.88. The van der Waals surface area contributed by atoms with E-state index in [4.69, 9.17) is 0 Å². The molecule has 0 spiro atoms. The first kappa shape index (κ1) is 10.6. The number of rotatable bonds is 5. The predicted molar refractivity (Wildman–Crippen MR) is 47.3 cm³/mol. The minimum absolute atomic E-state index is 0.0190. The fourth-order valence-corrected chi connectivity index (χ4v) is 1.01. The van der Waals surface area contributed by atoms with Crippen LogP contribution in [0.5, 0.6) is 0 Å². The fraction of sp³-hybridized carbons (Fsp3) is 0.625. The van der Waals surface area contributed by atoms with E-state index < -0.39 is 12.1 Å². The molecule has 0 saturated heterocycles. The largest absolute Gasteiger partial charge is 0.469 e. The summed E-state index contributed by atoms with van der Waals surface area (Å²) < 4.78 is 6.02. The topological polar surface area (TPSA) is 77.2 Å². The lowest BCUT2D eigenvalue weighted by Crippen LogP contribution is -2.17. The van der Waals surface area contributed by atoms with Crippen molar-refractivity contribution in [3.8, 4) is 0 Å². The summed E-state index contributed by atoms with van der Waals surface area (Å²) in [6, 6.07) is 0. The molecule has 0 unspecified atom stereocenters. The Morgan fingerprint density at radius 3 is 3.07 bits per heavy atom. The number of aromatic nitrogens is 3. The summed E-state index contributed by atoms with van der Waals surface area (Å²) in [5, 5.41) is 13.3. The number of ether oxygens (including phenoxy) is 1. The summed E-state index contributed by atoms with van der Waals surface area (Å²) in [5.41, 5.74) is 0. The number of carbonyl (C=O) groups excluding carboxylic acids is 1. The smallest absolute Gasteiger partial charge is 0.308 e. The Balaban J connectivity index is 2.21. The lowest BCUT2D eigenvalue weighted by Gasteiger charge is -2.08. The van der Waals surface area contributed by atoms with E-state index in [0.29, 0.717) is 13.0 Å². The highest BCUT2D eigenvalue weighted by atomic mass is 16.5. The average molecular weight is 199 g/mol. The summed E-state index contributed by atoms with van der Waals surface area (Å²) in [6.45, 7) is 0.540. The van der Waals surface area contributed by atoms with Crippen molar-refractivity contribution in [1.82, 2.24) is 14.8 Å². The molecule has 1 aromatic heterocycles. The van der Waals surface area contributed by atoms with E-state index in [9.17, 15) is 9.90 Å². The Morgan fingerprint density at radius 1 is 1.71 bits per heavy atom. The zero-order valence-corrected chi connectivity index (χ0v) is 7.96. The maximum absolute atomic E-state index is 10.8. The van der Waals surface area contributed by atoms with Gasteiger partial charge in [-0.15, -0.1) is 0 Å². The van der Waals surface area contributed by atoms with Crippen LogP contribution in [0.3, 0.4) is 0 Å². The molecular formula is C8H13N3O3. The highest BCUT2D eigenvalue weighted by Gasteiger charge is 2.10. The summed E-state index contributed by atoms with van der Waals surface area (Å²) >= 11 is 0. The molecule has 0 aliphatic carbocycles. The van der Waals surface area contributed by atoms with E-state index in [2.05, 4.69) is 14.8 Å². The Bertz CT molecular complexity index is 273. The van der Waals surface area contributed by atoms with Crippen LogP contribution in [0.2, 0.25) is 0 Å². The van der Waals surface area contributed by atoms with Crippen LogP contribution >= 0.6 is 0 Å². The summed E-state index contributed by atoms with van der Waals surface area (Å²) in [7, 11) is 1.30. The lowest BCUT2D eigenvalue weighted by atomic mass is 10.2. The van der Waals surface area contributed by atoms with E-state index in [1.54, 1.807) is 11.0 Å². The van der Waals surface area contributed by atoms with Gasteiger partial charge < -0.3 is 9.84 Å². The fourth-order valence-electron chi connectivity index (χ4n) is 1.01. The first-order valence-corrected chi connectivity index (χ1v) is 4.29. The number of esters is 1. The van der Waals surface area contributed by atoms with Gasteiger partial charge in [0.05, 0.1) is 19.6 Å². The predicted octanol–water partition coefficient (Wildman–Crippen LogP) is -0.408. The molecular weight excluding hydrogens is 186 g/mol. The van der Waals surface area contributed by atoms with Crippen LogP contribution in [0.25, 0.3) is 0 Å². The first-order valence-electron chi connectivity index (χ1n) is 4.29.